The maximum absolute atomic E-state index is 11.4. The average Bonchev–Trinajstić information content (AvgIpc) is 2.41. The Morgan fingerprint density at radius 3 is 2.20 bits per heavy atom. The third-order valence-corrected chi connectivity index (χ3v) is 5.33. The fourth-order valence-electron chi connectivity index (χ4n) is 3.04. The summed E-state index contributed by atoms with van der Waals surface area (Å²) < 4.78 is 22.8. The van der Waals surface area contributed by atoms with Crippen molar-refractivity contribution in [1.29, 1.82) is 0 Å². The van der Waals surface area contributed by atoms with Crippen LogP contribution in [-0.2, 0) is 9.84 Å². The van der Waals surface area contributed by atoms with Gasteiger partial charge in [-0.3, -0.25) is 0 Å². The van der Waals surface area contributed by atoms with Gasteiger partial charge < -0.3 is 5.32 Å². The topological polar surface area (TPSA) is 46.2 Å². The van der Waals surface area contributed by atoms with Crippen LogP contribution in [0.3, 0.4) is 0 Å². The van der Waals surface area contributed by atoms with E-state index in [1.54, 1.807) is 12.1 Å². The van der Waals surface area contributed by atoms with E-state index < -0.39 is 9.84 Å². The summed E-state index contributed by atoms with van der Waals surface area (Å²) in [7, 11) is -3.09. The van der Waals surface area contributed by atoms with Crippen molar-refractivity contribution in [2.24, 2.45) is 5.92 Å². The Morgan fingerprint density at radius 2 is 1.70 bits per heavy atom. The highest BCUT2D eigenvalue weighted by Crippen LogP contribution is 2.29. The van der Waals surface area contributed by atoms with Gasteiger partial charge in [-0.2, -0.15) is 0 Å². The molecule has 1 saturated carbocycles. The lowest BCUT2D eigenvalue weighted by atomic mass is 9.83. The molecule has 1 aliphatic rings. The predicted molar refractivity (Wildman–Crippen MR) is 83.8 cm³/mol. The Hall–Kier alpha value is -1.03. The van der Waals surface area contributed by atoms with Gasteiger partial charge in [0.15, 0.2) is 9.84 Å². The number of hydrogen-bond donors (Lipinski definition) is 1. The first kappa shape index (κ1) is 15.4. The monoisotopic (exact) mass is 295 g/mol. The van der Waals surface area contributed by atoms with E-state index in [4.69, 9.17) is 0 Å². The van der Waals surface area contributed by atoms with Crippen molar-refractivity contribution in [2.75, 3.05) is 11.6 Å². The minimum Gasteiger partial charge on any atom is -0.382 e. The van der Waals surface area contributed by atoms with E-state index in [9.17, 15) is 8.42 Å². The van der Waals surface area contributed by atoms with Crippen molar-refractivity contribution < 1.29 is 8.42 Å². The van der Waals surface area contributed by atoms with Crippen molar-refractivity contribution in [3.63, 3.8) is 0 Å². The molecule has 1 aromatic rings. The molecule has 2 rings (SSSR count). The lowest BCUT2D eigenvalue weighted by molar-refractivity contribution is 0.319. The highest BCUT2D eigenvalue weighted by Gasteiger charge is 2.20. The number of nitrogens with one attached hydrogen (secondary N) is 1. The van der Waals surface area contributed by atoms with Crippen LogP contribution in [0.1, 0.15) is 45.4 Å². The van der Waals surface area contributed by atoms with Gasteiger partial charge in [-0.25, -0.2) is 8.42 Å². The molecule has 0 aliphatic heterocycles. The summed E-state index contributed by atoms with van der Waals surface area (Å²) in [5, 5.41) is 3.53. The maximum atomic E-state index is 11.4. The van der Waals surface area contributed by atoms with E-state index in [1.165, 1.54) is 44.8 Å². The third kappa shape index (κ3) is 4.23. The van der Waals surface area contributed by atoms with Crippen molar-refractivity contribution in [1.82, 2.24) is 0 Å². The Bertz CT molecular complexity index is 514. The molecule has 1 fully saturated rings. The summed E-state index contributed by atoms with van der Waals surface area (Å²) in [6.07, 6.45) is 8.95. The van der Waals surface area contributed by atoms with Crippen LogP contribution in [-0.4, -0.2) is 20.7 Å². The first-order chi connectivity index (χ1) is 9.49. The zero-order valence-corrected chi connectivity index (χ0v) is 13.2. The van der Waals surface area contributed by atoms with Crippen LogP contribution < -0.4 is 5.32 Å². The van der Waals surface area contributed by atoms with Crippen molar-refractivity contribution in [2.45, 2.75) is 56.4 Å². The van der Waals surface area contributed by atoms with E-state index in [0.717, 1.165) is 11.6 Å². The van der Waals surface area contributed by atoms with Gasteiger partial charge in [-0.05, 0) is 55.9 Å². The number of benzene rings is 1. The molecular formula is C16H25NO2S. The van der Waals surface area contributed by atoms with Gasteiger partial charge in [0.2, 0.25) is 0 Å². The molecule has 1 aromatic carbocycles. The number of sulfone groups is 1. The summed E-state index contributed by atoms with van der Waals surface area (Å²) >= 11 is 0. The molecule has 1 N–H and O–H groups in total. The van der Waals surface area contributed by atoms with Gasteiger partial charge in [0.1, 0.15) is 0 Å². The molecule has 0 radical (unpaired) electrons. The van der Waals surface area contributed by atoms with Gasteiger partial charge in [0.05, 0.1) is 4.90 Å². The summed E-state index contributed by atoms with van der Waals surface area (Å²) in [5.74, 6) is 0.908. The van der Waals surface area contributed by atoms with Crippen LogP contribution in [0.25, 0.3) is 0 Å². The lowest BCUT2D eigenvalue weighted by Crippen LogP contribution is -2.26. The molecule has 0 bridgehead atoms. The molecule has 0 amide bonds. The maximum Gasteiger partial charge on any atom is 0.175 e. The summed E-state index contributed by atoms with van der Waals surface area (Å²) in [6.45, 7) is 2.26. The highest BCUT2D eigenvalue weighted by molar-refractivity contribution is 7.90. The third-order valence-electron chi connectivity index (χ3n) is 4.20. The standard InChI is InChI=1S/C16H25NO2S/c1-3-4-13-5-7-14(8-6-13)17-15-9-11-16(12-10-15)20(2,18)19/h9-14,17H,3-8H2,1-2H3. The normalized spacial score (nSPS) is 23.5. The molecule has 0 heterocycles. The molecule has 112 valence electrons. The Labute approximate surface area is 122 Å². The number of anilines is 1. The van der Waals surface area contributed by atoms with Crippen molar-refractivity contribution in [3.8, 4) is 0 Å². The molecular weight excluding hydrogens is 270 g/mol. The molecule has 0 atom stereocenters. The molecule has 0 unspecified atom stereocenters. The summed E-state index contributed by atoms with van der Waals surface area (Å²) in [5.41, 5.74) is 1.02. The van der Waals surface area contributed by atoms with E-state index in [2.05, 4.69) is 12.2 Å². The first-order valence-corrected chi connectivity index (χ1v) is 9.45. The SMILES string of the molecule is CCCC1CCC(Nc2ccc(S(C)(=O)=O)cc2)CC1. The van der Waals surface area contributed by atoms with Crippen LogP contribution in [0.5, 0.6) is 0 Å². The smallest absolute Gasteiger partial charge is 0.175 e. The van der Waals surface area contributed by atoms with Crippen LogP contribution in [0, 0.1) is 5.92 Å². The van der Waals surface area contributed by atoms with Crippen LogP contribution in [0.2, 0.25) is 0 Å². The van der Waals surface area contributed by atoms with E-state index in [0.29, 0.717) is 10.9 Å². The van der Waals surface area contributed by atoms with E-state index in [-0.39, 0.29) is 0 Å². The predicted octanol–water partition coefficient (Wildman–Crippen LogP) is 3.86. The first-order valence-electron chi connectivity index (χ1n) is 7.55. The lowest BCUT2D eigenvalue weighted by Gasteiger charge is -2.29. The molecule has 0 spiro atoms. The van der Waals surface area contributed by atoms with E-state index >= 15 is 0 Å². The van der Waals surface area contributed by atoms with Gasteiger partial charge in [-0.1, -0.05) is 19.8 Å². The van der Waals surface area contributed by atoms with Gasteiger partial charge in [-0.15, -0.1) is 0 Å². The number of rotatable bonds is 5. The van der Waals surface area contributed by atoms with Crippen molar-refractivity contribution in [3.05, 3.63) is 24.3 Å². The largest absolute Gasteiger partial charge is 0.382 e. The fraction of sp³-hybridized carbons (Fsp3) is 0.625. The number of hydrogen-bond acceptors (Lipinski definition) is 3. The summed E-state index contributed by atoms with van der Waals surface area (Å²) in [4.78, 5) is 0.384. The Morgan fingerprint density at radius 1 is 1.10 bits per heavy atom. The molecule has 3 nitrogen and oxygen atoms in total. The van der Waals surface area contributed by atoms with Gasteiger partial charge >= 0.3 is 0 Å². The van der Waals surface area contributed by atoms with E-state index in [1.807, 2.05) is 12.1 Å². The fourth-order valence-corrected chi connectivity index (χ4v) is 3.67. The molecule has 0 saturated heterocycles. The second-order valence-electron chi connectivity index (χ2n) is 5.95. The van der Waals surface area contributed by atoms with Crippen LogP contribution in [0.4, 0.5) is 5.69 Å². The Kier molecular flexibility index (Phi) is 5.08. The van der Waals surface area contributed by atoms with Gasteiger partial charge in [0.25, 0.3) is 0 Å². The average molecular weight is 295 g/mol. The molecule has 0 aromatic heterocycles. The summed E-state index contributed by atoms with van der Waals surface area (Å²) in [6, 6.07) is 7.64. The molecule has 20 heavy (non-hydrogen) atoms. The van der Waals surface area contributed by atoms with Crippen LogP contribution >= 0.6 is 0 Å². The van der Waals surface area contributed by atoms with Crippen LogP contribution in [0.15, 0.2) is 29.2 Å². The highest BCUT2D eigenvalue weighted by atomic mass is 32.2. The quantitative estimate of drug-likeness (QED) is 0.897. The minimum absolute atomic E-state index is 0.384. The molecule has 4 heteroatoms. The van der Waals surface area contributed by atoms with Gasteiger partial charge in [0, 0.05) is 18.0 Å². The minimum atomic E-state index is -3.09. The Balaban J connectivity index is 1.89. The molecule has 1 aliphatic carbocycles. The zero-order valence-electron chi connectivity index (χ0n) is 12.4. The second-order valence-corrected chi connectivity index (χ2v) is 7.96. The second kappa shape index (κ2) is 6.61. The zero-order chi connectivity index (χ0) is 14.6. The van der Waals surface area contributed by atoms with Crippen molar-refractivity contribution >= 4 is 15.5 Å².